The van der Waals surface area contributed by atoms with Gasteiger partial charge in [0.1, 0.15) is 6.33 Å². The summed E-state index contributed by atoms with van der Waals surface area (Å²) in [5, 5.41) is 11.4. The lowest BCUT2D eigenvalue weighted by Gasteiger charge is -2.18. The molecule has 3 aromatic rings. The number of aromatic nitrogens is 4. The molecule has 1 aromatic carbocycles. The molecule has 126 valence electrons. The Balaban J connectivity index is 1.85. The fraction of sp³-hybridized carbons (Fsp3) is 0.353. The minimum Gasteiger partial charge on any atom is -0.490 e. The van der Waals surface area contributed by atoms with Crippen molar-refractivity contribution in [3.8, 4) is 11.5 Å². The predicted molar refractivity (Wildman–Crippen MR) is 91.6 cm³/mol. The first-order valence-electron chi connectivity index (χ1n) is 8.03. The van der Waals surface area contributed by atoms with Crippen LogP contribution in [-0.2, 0) is 0 Å². The van der Waals surface area contributed by atoms with Crippen LogP contribution in [0.2, 0.25) is 0 Å². The van der Waals surface area contributed by atoms with E-state index < -0.39 is 0 Å². The molecule has 0 aliphatic carbocycles. The minimum absolute atomic E-state index is 0.0234. The van der Waals surface area contributed by atoms with Gasteiger partial charge in [-0.1, -0.05) is 6.07 Å². The van der Waals surface area contributed by atoms with Crippen molar-refractivity contribution in [1.82, 2.24) is 19.6 Å². The predicted octanol–water partition coefficient (Wildman–Crippen LogP) is 3.09. The van der Waals surface area contributed by atoms with Crippen LogP contribution in [0.1, 0.15) is 32.4 Å². The summed E-state index contributed by atoms with van der Waals surface area (Å²) in [6.07, 6.45) is 5.18. The molecule has 0 spiro atoms. The first-order valence-corrected chi connectivity index (χ1v) is 8.03. The van der Waals surface area contributed by atoms with Crippen LogP contribution in [0.4, 0.5) is 5.82 Å². The summed E-state index contributed by atoms with van der Waals surface area (Å²) in [6, 6.07) is 5.98. The molecule has 0 aliphatic heterocycles. The van der Waals surface area contributed by atoms with E-state index in [-0.39, 0.29) is 6.04 Å². The lowest BCUT2D eigenvalue weighted by molar-refractivity contribution is 0.287. The summed E-state index contributed by atoms with van der Waals surface area (Å²) in [5.74, 6) is 2.20. The van der Waals surface area contributed by atoms with Crippen molar-refractivity contribution >= 4 is 11.5 Å². The third kappa shape index (κ3) is 3.24. The molecule has 0 bridgehead atoms. The molecule has 3 rings (SSSR count). The zero-order valence-electron chi connectivity index (χ0n) is 14.1. The summed E-state index contributed by atoms with van der Waals surface area (Å²) < 4.78 is 13.1. The Kier molecular flexibility index (Phi) is 4.79. The molecule has 0 unspecified atom stereocenters. The molecule has 1 atom stereocenters. The highest BCUT2D eigenvalue weighted by atomic mass is 16.5. The molecule has 0 amide bonds. The van der Waals surface area contributed by atoms with Crippen molar-refractivity contribution in [3.05, 3.63) is 42.5 Å². The number of nitrogens with zero attached hydrogens (tertiary/aromatic N) is 4. The van der Waals surface area contributed by atoms with Gasteiger partial charge >= 0.3 is 0 Å². The lowest BCUT2D eigenvalue weighted by Crippen LogP contribution is -2.10. The van der Waals surface area contributed by atoms with Gasteiger partial charge in [-0.2, -0.15) is 0 Å². The van der Waals surface area contributed by atoms with Crippen molar-refractivity contribution in [1.29, 1.82) is 0 Å². The number of hydrogen-bond acceptors (Lipinski definition) is 6. The van der Waals surface area contributed by atoms with E-state index in [1.165, 1.54) is 0 Å². The normalized spacial score (nSPS) is 12.1. The second kappa shape index (κ2) is 7.16. The summed E-state index contributed by atoms with van der Waals surface area (Å²) in [6.45, 7) is 7.17. The van der Waals surface area contributed by atoms with Crippen LogP contribution in [-0.4, -0.2) is 32.8 Å². The average molecular weight is 327 g/mol. The van der Waals surface area contributed by atoms with Crippen molar-refractivity contribution in [2.75, 3.05) is 18.5 Å². The molecule has 0 saturated heterocycles. The number of benzene rings is 1. The molecular weight excluding hydrogens is 306 g/mol. The number of nitrogens with one attached hydrogen (secondary N) is 1. The first kappa shape index (κ1) is 16.0. The Morgan fingerprint density at radius 1 is 1.17 bits per heavy atom. The van der Waals surface area contributed by atoms with Gasteiger partial charge in [0.15, 0.2) is 17.3 Å². The Morgan fingerprint density at radius 3 is 2.75 bits per heavy atom. The van der Waals surface area contributed by atoms with E-state index in [0.29, 0.717) is 24.7 Å². The number of rotatable bonds is 7. The van der Waals surface area contributed by atoms with E-state index in [9.17, 15) is 0 Å². The molecule has 24 heavy (non-hydrogen) atoms. The van der Waals surface area contributed by atoms with Gasteiger partial charge in [-0.05, 0) is 38.5 Å². The van der Waals surface area contributed by atoms with Crippen LogP contribution in [0.25, 0.3) is 5.65 Å². The van der Waals surface area contributed by atoms with E-state index in [1.54, 1.807) is 12.5 Å². The zero-order valence-corrected chi connectivity index (χ0v) is 14.1. The molecule has 0 radical (unpaired) electrons. The average Bonchev–Trinajstić information content (AvgIpc) is 3.06. The molecule has 7 heteroatoms. The van der Waals surface area contributed by atoms with Crippen LogP contribution in [0.5, 0.6) is 11.5 Å². The molecule has 0 fully saturated rings. The van der Waals surface area contributed by atoms with Crippen molar-refractivity contribution in [3.63, 3.8) is 0 Å². The molecule has 2 heterocycles. The third-order valence-electron chi connectivity index (χ3n) is 3.64. The molecule has 2 aromatic heterocycles. The summed E-state index contributed by atoms with van der Waals surface area (Å²) >= 11 is 0. The Labute approximate surface area is 140 Å². The highest BCUT2D eigenvalue weighted by molar-refractivity contribution is 5.62. The van der Waals surface area contributed by atoms with Crippen LogP contribution in [0, 0.1) is 0 Å². The summed E-state index contributed by atoms with van der Waals surface area (Å²) in [4.78, 5) is 4.36. The number of fused-ring (bicyclic) bond motifs is 1. The molecule has 0 aliphatic rings. The first-order chi connectivity index (χ1) is 11.7. The summed E-state index contributed by atoms with van der Waals surface area (Å²) in [5.41, 5.74) is 1.77. The smallest absolute Gasteiger partial charge is 0.203 e. The largest absolute Gasteiger partial charge is 0.490 e. The van der Waals surface area contributed by atoms with E-state index in [1.807, 2.05) is 42.6 Å². The number of anilines is 1. The maximum Gasteiger partial charge on any atom is 0.203 e. The van der Waals surface area contributed by atoms with Gasteiger partial charge in [-0.25, -0.2) is 4.98 Å². The van der Waals surface area contributed by atoms with E-state index in [4.69, 9.17) is 9.47 Å². The van der Waals surface area contributed by atoms with Gasteiger partial charge in [0.25, 0.3) is 0 Å². The van der Waals surface area contributed by atoms with Gasteiger partial charge in [-0.15, -0.1) is 10.2 Å². The Hall–Kier alpha value is -2.83. The Bertz CT molecular complexity index is 818. The van der Waals surface area contributed by atoms with E-state index >= 15 is 0 Å². The second-order valence-corrected chi connectivity index (χ2v) is 5.28. The van der Waals surface area contributed by atoms with Gasteiger partial charge in [-0.3, -0.25) is 4.40 Å². The Morgan fingerprint density at radius 2 is 1.96 bits per heavy atom. The third-order valence-corrected chi connectivity index (χ3v) is 3.64. The SMILES string of the molecule is CCOc1ccc([C@@H](C)Nc2nccn3cnnc23)cc1OCC. The zero-order chi connectivity index (χ0) is 16.9. The summed E-state index contributed by atoms with van der Waals surface area (Å²) in [7, 11) is 0. The monoisotopic (exact) mass is 327 g/mol. The van der Waals surface area contributed by atoms with Crippen LogP contribution < -0.4 is 14.8 Å². The fourth-order valence-electron chi connectivity index (χ4n) is 2.49. The highest BCUT2D eigenvalue weighted by Crippen LogP contribution is 2.31. The molecular formula is C17H21N5O2. The molecule has 0 saturated carbocycles. The maximum atomic E-state index is 5.69. The quantitative estimate of drug-likeness (QED) is 0.719. The molecule has 7 nitrogen and oxygen atoms in total. The van der Waals surface area contributed by atoms with Gasteiger partial charge in [0.2, 0.25) is 5.65 Å². The second-order valence-electron chi connectivity index (χ2n) is 5.28. The highest BCUT2D eigenvalue weighted by Gasteiger charge is 2.13. The fourth-order valence-corrected chi connectivity index (χ4v) is 2.49. The van der Waals surface area contributed by atoms with Crippen LogP contribution in [0.3, 0.4) is 0 Å². The van der Waals surface area contributed by atoms with Gasteiger partial charge in [0, 0.05) is 12.4 Å². The number of ether oxygens (including phenoxy) is 2. The molecule has 1 N–H and O–H groups in total. The maximum absolute atomic E-state index is 5.69. The van der Waals surface area contributed by atoms with Crippen molar-refractivity contribution in [2.24, 2.45) is 0 Å². The van der Waals surface area contributed by atoms with Crippen LogP contribution in [0.15, 0.2) is 36.9 Å². The van der Waals surface area contributed by atoms with Crippen molar-refractivity contribution < 1.29 is 9.47 Å². The van der Waals surface area contributed by atoms with E-state index in [0.717, 1.165) is 17.1 Å². The minimum atomic E-state index is 0.0234. The van der Waals surface area contributed by atoms with Crippen LogP contribution >= 0.6 is 0 Å². The van der Waals surface area contributed by atoms with Gasteiger partial charge in [0.05, 0.1) is 19.3 Å². The topological polar surface area (TPSA) is 73.6 Å². The van der Waals surface area contributed by atoms with Gasteiger partial charge < -0.3 is 14.8 Å². The van der Waals surface area contributed by atoms with E-state index in [2.05, 4.69) is 27.4 Å². The standard InChI is InChI=1S/C17H21N5O2/c1-4-23-14-7-6-13(10-15(14)24-5-2)12(3)20-16-17-21-19-11-22(17)9-8-18-16/h6-12H,4-5H2,1-3H3,(H,18,20)/t12-/m1/s1. The number of hydrogen-bond donors (Lipinski definition) is 1. The van der Waals surface area contributed by atoms with Crippen molar-refractivity contribution in [2.45, 2.75) is 26.8 Å². The lowest BCUT2D eigenvalue weighted by atomic mass is 10.1.